The van der Waals surface area contributed by atoms with Gasteiger partial charge in [0.05, 0.1) is 34.7 Å². The third kappa shape index (κ3) is 4.53. The van der Waals surface area contributed by atoms with E-state index in [4.69, 9.17) is 23.8 Å². The Morgan fingerprint density at radius 3 is 2.04 bits per heavy atom. The summed E-state index contributed by atoms with van der Waals surface area (Å²) < 4.78 is 34.3. The molecule has 0 spiro atoms. The molecule has 7 heteroatoms. The van der Waals surface area contributed by atoms with E-state index in [1.165, 1.54) is 46.8 Å². The average molecular weight is 349 g/mol. The summed E-state index contributed by atoms with van der Waals surface area (Å²) in [6, 6.07) is 8.06. The molecule has 0 heterocycles. The van der Waals surface area contributed by atoms with Gasteiger partial charge in [-0.15, -0.1) is 0 Å². The van der Waals surface area contributed by atoms with Crippen LogP contribution in [-0.2, 0) is 11.4 Å². The predicted molar refractivity (Wildman–Crippen MR) is 91.4 cm³/mol. The van der Waals surface area contributed by atoms with E-state index in [0.717, 1.165) is 0 Å². The minimum Gasteiger partial charge on any atom is -0.494 e. The van der Waals surface area contributed by atoms with Crippen LogP contribution in [0.25, 0.3) is 0 Å². The first-order valence-electron chi connectivity index (χ1n) is 7.40. The van der Waals surface area contributed by atoms with E-state index >= 15 is 0 Å². The highest BCUT2D eigenvalue weighted by molar-refractivity contribution is 5.82. The molecule has 134 valence electrons. The van der Waals surface area contributed by atoms with Gasteiger partial charge in [-0.2, -0.15) is 0 Å². The fourth-order valence-electron chi connectivity index (χ4n) is 2.19. The lowest BCUT2D eigenvalue weighted by atomic mass is 10.2. The lowest BCUT2D eigenvalue weighted by Crippen LogP contribution is -1.97. The number of halogens is 1. The van der Waals surface area contributed by atoms with E-state index < -0.39 is 5.82 Å². The lowest BCUT2D eigenvalue weighted by Gasteiger charge is -2.12. The third-order valence-electron chi connectivity index (χ3n) is 3.41. The molecule has 0 atom stereocenters. The zero-order valence-corrected chi connectivity index (χ0v) is 14.5. The lowest BCUT2D eigenvalue weighted by molar-refractivity contribution is 0.132. The Morgan fingerprint density at radius 1 is 0.880 bits per heavy atom. The van der Waals surface area contributed by atoms with Crippen molar-refractivity contribution in [3.8, 4) is 23.0 Å². The number of oxime groups is 1. The van der Waals surface area contributed by atoms with Crippen molar-refractivity contribution >= 4 is 6.21 Å². The highest BCUT2D eigenvalue weighted by Gasteiger charge is 2.12. The predicted octanol–water partition coefficient (Wildman–Crippen LogP) is 3.41. The molecule has 6 nitrogen and oxygen atoms in total. The smallest absolute Gasteiger partial charge is 0.203 e. The Kier molecular flexibility index (Phi) is 6.45. The van der Waals surface area contributed by atoms with Crippen LogP contribution in [0.3, 0.4) is 0 Å². The highest BCUT2D eigenvalue weighted by Crippen LogP contribution is 2.37. The Balaban J connectivity index is 2.05. The summed E-state index contributed by atoms with van der Waals surface area (Å²) in [6.07, 6.45) is 1.50. The first-order valence-corrected chi connectivity index (χ1v) is 7.40. The highest BCUT2D eigenvalue weighted by atomic mass is 19.1. The van der Waals surface area contributed by atoms with Crippen LogP contribution >= 0.6 is 0 Å². The molecule has 25 heavy (non-hydrogen) atoms. The van der Waals surface area contributed by atoms with Gasteiger partial charge in [-0.3, -0.25) is 0 Å². The monoisotopic (exact) mass is 349 g/mol. The molecule has 2 aromatic rings. The summed E-state index contributed by atoms with van der Waals surface area (Å²) >= 11 is 0. The van der Waals surface area contributed by atoms with Crippen LogP contribution < -0.4 is 18.9 Å². The van der Waals surface area contributed by atoms with Crippen molar-refractivity contribution in [1.82, 2.24) is 0 Å². The van der Waals surface area contributed by atoms with E-state index in [1.54, 1.807) is 18.2 Å². The Labute approximate surface area is 145 Å². The van der Waals surface area contributed by atoms with Crippen LogP contribution in [0.5, 0.6) is 23.0 Å². The van der Waals surface area contributed by atoms with Crippen molar-refractivity contribution in [2.75, 3.05) is 28.4 Å². The average Bonchev–Trinajstić information content (AvgIpc) is 2.64. The summed E-state index contributed by atoms with van der Waals surface area (Å²) in [5.74, 6) is 1.26. The van der Waals surface area contributed by atoms with Crippen molar-refractivity contribution in [1.29, 1.82) is 0 Å². The molecule has 2 aromatic carbocycles. The second-order valence-electron chi connectivity index (χ2n) is 4.94. The Morgan fingerprint density at radius 2 is 1.52 bits per heavy atom. The summed E-state index contributed by atoms with van der Waals surface area (Å²) in [5.41, 5.74) is 1.34. The molecule has 0 aliphatic carbocycles. The SMILES string of the molecule is COc1ccc(CON=Cc2cc(OC)c(OC)c(OC)c2)cc1F. The summed E-state index contributed by atoms with van der Waals surface area (Å²) in [5, 5.41) is 3.88. The standard InChI is InChI=1S/C18H20FNO5/c1-21-15-6-5-12(7-14(15)19)11-25-20-10-13-8-16(22-2)18(24-4)17(9-13)23-3/h5-10H,11H2,1-4H3. The van der Waals surface area contributed by atoms with Gasteiger partial charge in [0.2, 0.25) is 5.75 Å². The first-order chi connectivity index (χ1) is 12.1. The largest absolute Gasteiger partial charge is 0.494 e. The molecule has 0 unspecified atom stereocenters. The van der Waals surface area contributed by atoms with E-state index in [9.17, 15) is 4.39 Å². The normalized spacial score (nSPS) is 10.6. The third-order valence-corrected chi connectivity index (χ3v) is 3.41. The second-order valence-corrected chi connectivity index (χ2v) is 4.94. The van der Waals surface area contributed by atoms with Crippen LogP contribution in [0.1, 0.15) is 11.1 Å². The van der Waals surface area contributed by atoms with Gasteiger partial charge in [-0.25, -0.2) is 4.39 Å². The van der Waals surface area contributed by atoms with Gasteiger partial charge in [0, 0.05) is 5.56 Å². The molecule has 0 bridgehead atoms. The molecule has 0 saturated carbocycles. The minimum absolute atomic E-state index is 0.127. The molecule has 0 fully saturated rings. The molecule has 0 aliphatic rings. The van der Waals surface area contributed by atoms with Gasteiger partial charge in [-0.05, 0) is 29.8 Å². The van der Waals surface area contributed by atoms with Gasteiger partial charge < -0.3 is 23.8 Å². The summed E-state index contributed by atoms with van der Waals surface area (Å²) in [6.45, 7) is 0.127. The fraction of sp³-hybridized carbons (Fsp3) is 0.278. The summed E-state index contributed by atoms with van der Waals surface area (Å²) in [4.78, 5) is 5.20. The van der Waals surface area contributed by atoms with Gasteiger partial charge >= 0.3 is 0 Å². The zero-order valence-electron chi connectivity index (χ0n) is 14.5. The number of nitrogens with zero attached hydrogens (tertiary/aromatic N) is 1. The van der Waals surface area contributed by atoms with Crippen molar-refractivity contribution in [3.63, 3.8) is 0 Å². The molecule has 0 aliphatic heterocycles. The molecule has 0 amide bonds. The Hall–Kier alpha value is -2.96. The topological polar surface area (TPSA) is 58.5 Å². The number of benzene rings is 2. The molecular formula is C18H20FNO5. The van der Waals surface area contributed by atoms with E-state index in [1.807, 2.05) is 0 Å². The first kappa shape index (κ1) is 18.4. The fourth-order valence-corrected chi connectivity index (χ4v) is 2.19. The van der Waals surface area contributed by atoms with Gasteiger partial charge in [-0.1, -0.05) is 11.2 Å². The number of hydrogen-bond donors (Lipinski definition) is 0. The molecule has 0 saturated heterocycles. The zero-order chi connectivity index (χ0) is 18.2. The van der Waals surface area contributed by atoms with E-state index in [0.29, 0.717) is 28.4 Å². The number of ether oxygens (including phenoxy) is 4. The molecule has 0 radical (unpaired) electrons. The molecule has 0 N–H and O–H groups in total. The number of hydrogen-bond acceptors (Lipinski definition) is 6. The second kappa shape index (κ2) is 8.77. The maximum Gasteiger partial charge on any atom is 0.203 e. The number of rotatable bonds is 8. The molecule has 0 aromatic heterocycles. The molecule has 2 rings (SSSR count). The van der Waals surface area contributed by atoms with Crippen molar-refractivity contribution in [3.05, 3.63) is 47.3 Å². The van der Waals surface area contributed by atoms with Crippen molar-refractivity contribution in [2.24, 2.45) is 5.16 Å². The van der Waals surface area contributed by atoms with Crippen LogP contribution in [0, 0.1) is 5.82 Å². The Bertz CT molecular complexity index is 723. The van der Waals surface area contributed by atoms with Gasteiger partial charge in [0.25, 0.3) is 0 Å². The minimum atomic E-state index is -0.447. The van der Waals surface area contributed by atoms with Crippen LogP contribution in [0.4, 0.5) is 4.39 Å². The van der Waals surface area contributed by atoms with Crippen LogP contribution in [0.2, 0.25) is 0 Å². The van der Waals surface area contributed by atoms with Crippen molar-refractivity contribution < 1.29 is 28.2 Å². The van der Waals surface area contributed by atoms with E-state index in [-0.39, 0.29) is 12.4 Å². The van der Waals surface area contributed by atoms with Crippen LogP contribution in [-0.4, -0.2) is 34.7 Å². The quantitative estimate of drug-likeness (QED) is 0.540. The number of methoxy groups -OCH3 is 4. The van der Waals surface area contributed by atoms with Gasteiger partial charge in [0.15, 0.2) is 23.1 Å². The van der Waals surface area contributed by atoms with Crippen LogP contribution in [0.15, 0.2) is 35.5 Å². The maximum absolute atomic E-state index is 13.6. The maximum atomic E-state index is 13.6. The molecular weight excluding hydrogens is 329 g/mol. The summed E-state index contributed by atoms with van der Waals surface area (Å²) in [7, 11) is 6.02. The van der Waals surface area contributed by atoms with E-state index in [2.05, 4.69) is 5.16 Å². The van der Waals surface area contributed by atoms with Gasteiger partial charge in [0.1, 0.15) is 6.61 Å². The van der Waals surface area contributed by atoms with Crippen molar-refractivity contribution in [2.45, 2.75) is 6.61 Å².